The zero-order chi connectivity index (χ0) is 28.0. The molecule has 0 spiro atoms. The average Bonchev–Trinajstić information content (AvgIpc) is 2.84. The van der Waals surface area contributed by atoms with Crippen molar-refractivity contribution in [1.29, 1.82) is 0 Å². The molecule has 0 unspecified atom stereocenters. The van der Waals surface area contributed by atoms with Gasteiger partial charge in [0.15, 0.2) is 6.20 Å². The fraction of sp³-hybridized carbons (Fsp3) is 0.324. The normalized spacial score (nSPS) is 13.4. The number of rotatable bonds is 3. The zero-order valence-corrected chi connectivity index (χ0v) is 23.5. The maximum atomic E-state index is 13.6. The van der Waals surface area contributed by atoms with E-state index in [2.05, 4.69) is 69.8 Å². The summed E-state index contributed by atoms with van der Waals surface area (Å²) in [5.41, 5.74) is 4.65. The summed E-state index contributed by atoms with van der Waals surface area (Å²) in [6.07, 6.45) is -2.29. The van der Waals surface area contributed by atoms with Crippen LogP contribution in [0.1, 0.15) is 55.9 Å². The van der Waals surface area contributed by atoms with Crippen LogP contribution >= 0.6 is 0 Å². The van der Waals surface area contributed by atoms with Crippen molar-refractivity contribution in [2.75, 3.05) is 0 Å². The molecule has 0 saturated carbocycles. The highest BCUT2D eigenvalue weighted by atomic mass is 19.4. The van der Waals surface area contributed by atoms with Crippen molar-refractivity contribution in [3.63, 3.8) is 0 Å². The molecule has 0 radical (unpaired) electrons. The van der Waals surface area contributed by atoms with Gasteiger partial charge in [-0.15, -0.1) is 0 Å². The molecule has 0 bridgehead atoms. The summed E-state index contributed by atoms with van der Waals surface area (Å²) in [5.74, 6) is 1.85. The van der Waals surface area contributed by atoms with Crippen LogP contribution in [0.3, 0.4) is 0 Å². The first kappa shape index (κ1) is 25.7. The topological polar surface area (TPSA) is 13.1 Å². The van der Waals surface area contributed by atoms with Crippen molar-refractivity contribution in [1.82, 2.24) is 0 Å². The highest BCUT2D eigenvalue weighted by Crippen LogP contribution is 2.53. The summed E-state index contributed by atoms with van der Waals surface area (Å²) < 4.78 is 49.9. The van der Waals surface area contributed by atoms with Crippen molar-refractivity contribution in [3.8, 4) is 22.8 Å². The smallest absolute Gasteiger partial charge is 0.394 e. The molecular weight excluding hydrogens is 495 g/mol. The maximum absolute atomic E-state index is 13.6. The summed E-state index contributed by atoms with van der Waals surface area (Å²) in [5, 5.41) is 6.40. The van der Waals surface area contributed by atoms with Gasteiger partial charge in [-0.3, -0.25) is 0 Å². The molecule has 5 aromatic rings. The Morgan fingerprint density at radius 3 is 2.28 bits per heavy atom. The van der Waals surface area contributed by atoms with Gasteiger partial charge in [0.2, 0.25) is 5.69 Å². The number of benzene rings is 4. The lowest BCUT2D eigenvalue weighted by molar-refractivity contribution is -0.659. The van der Waals surface area contributed by atoms with Gasteiger partial charge < -0.3 is 4.74 Å². The van der Waals surface area contributed by atoms with Gasteiger partial charge in [0.1, 0.15) is 18.5 Å². The number of halogens is 3. The van der Waals surface area contributed by atoms with E-state index in [-0.39, 0.29) is 12.3 Å². The third-order valence-electron chi connectivity index (χ3n) is 8.42. The van der Waals surface area contributed by atoms with E-state index in [0.717, 1.165) is 44.3 Å². The minimum absolute atomic E-state index is 0.0827. The number of nitrogens with zero attached hydrogens (tertiary/aromatic N) is 1. The SMILES string of the molecule is Cc1ccc2c(C(C)C)c3c(c(C)c2c1)-c1c2c(cc4cc(CC(C)(C)C(F)(F)F)ccc4c2cc[n+]1C)O3. The summed E-state index contributed by atoms with van der Waals surface area (Å²) in [6, 6.07) is 16.4. The molecular formula is C34H33F3NO+. The summed E-state index contributed by atoms with van der Waals surface area (Å²) in [6.45, 7) is 11.2. The number of fused-ring (bicyclic) bond motifs is 5. The number of hydrogen-bond donors (Lipinski definition) is 0. The number of aryl methyl sites for hydroxylation is 3. The highest BCUT2D eigenvalue weighted by Gasteiger charge is 2.47. The Labute approximate surface area is 227 Å². The monoisotopic (exact) mass is 528 g/mol. The molecule has 39 heavy (non-hydrogen) atoms. The van der Waals surface area contributed by atoms with Crippen LogP contribution in [0.25, 0.3) is 43.6 Å². The third kappa shape index (κ3) is 3.81. The number of pyridine rings is 1. The molecule has 5 heteroatoms. The lowest BCUT2D eigenvalue weighted by Gasteiger charge is -2.28. The van der Waals surface area contributed by atoms with Crippen LogP contribution < -0.4 is 9.30 Å². The van der Waals surface area contributed by atoms with Gasteiger partial charge in [0.05, 0.1) is 16.4 Å². The second-order valence-corrected chi connectivity index (χ2v) is 12.1. The molecule has 0 saturated heterocycles. The molecule has 0 aliphatic carbocycles. The van der Waals surface area contributed by atoms with E-state index < -0.39 is 11.6 Å². The van der Waals surface area contributed by atoms with Gasteiger partial charge >= 0.3 is 6.18 Å². The first-order chi connectivity index (χ1) is 18.3. The van der Waals surface area contributed by atoms with Gasteiger partial charge in [-0.05, 0) is 64.9 Å². The van der Waals surface area contributed by atoms with E-state index >= 15 is 0 Å². The van der Waals surface area contributed by atoms with E-state index in [0.29, 0.717) is 5.56 Å². The van der Waals surface area contributed by atoms with E-state index in [1.807, 2.05) is 24.3 Å². The third-order valence-corrected chi connectivity index (χ3v) is 8.42. The largest absolute Gasteiger partial charge is 0.455 e. The predicted molar refractivity (Wildman–Crippen MR) is 153 cm³/mol. The fourth-order valence-corrected chi connectivity index (χ4v) is 6.25. The molecule has 1 aliphatic rings. The molecule has 0 atom stereocenters. The maximum Gasteiger partial charge on any atom is 0.394 e. The fourth-order valence-electron chi connectivity index (χ4n) is 6.25. The Hall–Kier alpha value is -3.60. The lowest BCUT2D eigenvalue weighted by Crippen LogP contribution is -2.34. The Balaban J connectivity index is 1.66. The second-order valence-electron chi connectivity index (χ2n) is 12.1. The minimum Gasteiger partial charge on any atom is -0.455 e. The van der Waals surface area contributed by atoms with Crippen molar-refractivity contribution >= 4 is 32.3 Å². The standard InChI is InChI=1S/C34H33F3NO/c1-18(2)28-24-10-8-19(3)14-26(24)20(4)29-31-30-25(12-13-38(31)7)23-11-9-21(17-33(5,6)34(35,36)37)15-22(23)16-27(30)39-32(28)29/h8-16,18H,17H2,1-7H3/q+1. The molecule has 1 aliphatic heterocycles. The molecule has 2 heterocycles. The second kappa shape index (κ2) is 8.45. The predicted octanol–water partition coefficient (Wildman–Crippen LogP) is 9.61. The van der Waals surface area contributed by atoms with Crippen LogP contribution in [0.15, 0.2) is 54.7 Å². The van der Waals surface area contributed by atoms with Crippen molar-refractivity contribution < 1.29 is 22.5 Å². The lowest BCUT2D eigenvalue weighted by atomic mass is 9.83. The first-order valence-corrected chi connectivity index (χ1v) is 13.5. The highest BCUT2D eigenvalue weighted by molar-refractivity contribution is 6.16. The van der Waals surface area contributed by atoms with E-state index in [4.69, 9.17) is 4.74 Å². The number of aromatic nitrogens is 1. The van der Waals surface area contributed by atoms with E-state index in [1.54, 1.807) is 0 Å². The van der Waals surface area contributed by atoms with Crippen LogP contribution in [-0.2, 0) is 13.5 Å². The summed E-state index contributed by atoms with van der Waals surface area (Å²) >= 11 is 0. The molecule has 0 amide bonds. The zero-order valence-electron chi connectivity index (χ0n) is 23.5. The van der Waals surface area contributed by atoms with E-state index in [1.165, 1.54) is 41.3 Å². The van der Waals surface area contributed by atoms with Gasteiger partial charge in [-0.2, -0.15) is 13.2 Å². The summed E-state index contributed by atoms with van der Waals surface area (Å²) in [7, 11) is 2.06. The molecule has 0 N–H and O–H groups in total. The summed E-state index contributed by atoms with van der Waals surface area (Å²) in [4.78, 5) is 0. The molecule has 4 aromatic carbocycles. The molecule has 2 nitrogen and oxygen atoms in total. The van der Waals surface area contributed by atoms with Gasteiger partial charge in [-0.1, -0.05) is 69.7 Å². The molecule has 6 rings (SSSR count). The van der Waals surface area contributed by atoms with Gasteiger partial charge in [0.25, 0.3) is 0 Å². The minimum atomic E-state index is -4.28. The average molecular weight is 529 g/mol. The van der Waals surface area contributed by atoms with Gasteiger partial charge in [0, 0.05) is 17.0 Å². The number of alkyl halides is 3. The Bertz CT molecular complexity index is 1830. The Morgan fingerprint density at radius 1 is 0.872 bits per heavy atom. The first-order valence-electron chi connectivity index (χ1n) is 13.5. The van der Waals surface area contributed by atoms with Crippen LogP contribution in [0.4, 0.5) is 13.2 Å². The van der Waals surface area contributed by atoms with Crippen LogP contribution in [0.5, 0.6) is 11.5 Å². The van der Waals surface area contributed by atoms with E-state index in [9.17, 15) is 13.2 Å². The van der Waals surface area contributed by atoms with Crippen molar-refractivity contribution in [2.45, 2.75) is 60.1 Å². The Kier molecular flexibility index (Phi) is 5.56. The van der Waals surface area contributed by atoms with Gasteiger partial charge in [-0.25, -0.2) is 4.57 Å². The number of ether oxygens (including phenoxy) is 1. The Morgan fingerprint density at radius 2 is 1.59 bits per heavy atom. The van der Waals surface area contributed by atoms with Crippen LogP contribution in [0.2, 0.25) is 0 Å². The number of hydrogen-bond acceptors (Lipinski definition) is 1. The molecule has 200 valence electrons. The van der Waals surface area contributed by atoms with Crippen molar-refractivity contribution in [2.24, 2.45) is 12.5 Å². The van der Waals surface area contributed by atoms with Crippen LogP contribution in [0, 0.1) is 19.3 Å². The van der Waals surface area contributed by atoms with Crippen LogP contribution in [-0.4, -0.2) is 6.18 Å². The molecule has 0 fully saturated rings. The van der Waals surface area contributed by atoms with Crippen molar-refractivity contribution in [3.05, 3.63) is 77.0 Å². The quantitative estimate of drug-likeness (QED) is 0.165. The molecule has 1 aromatic heterocycles.